The Bertz CT molecular complexity index is 475. The summed E-state index contributed by atoms with van der Waals surface area (Å²) < 4.78 is 10.6. The third-order valence-corrected chi connectivity index (χ3v) is 3.47. The van der Waals surface area contributed by atoms with Crippen LogP contribution in [0.15, 0.2) is 18.2 Å². The lowest BCUT2D eigenvalue weighted by Crippen LogP contribution is -2.38. The number of aliphatic hydroxyl groups is 1. The molecule has 0 aromatic heterocycles. The molecule has 0 heterocycles. The molecular formula is C15H21NO4. The summed E-state index contributed by atoms with van der Waals surface area (Å²) in [5.74, 6) is 0.520. The standard InChI is InChI=1S/C15H21NO4/c1-10(15(18)16-8-9-19-2)20-14-5-3-4-11-12(14)6-7-13(11)17/h3-5,10,13,17H,6-9H2,1-2H3,(H,16,18). The van der Waals surface area contributed by atoms with E-state index in [-0.39, 0.29) is 5.91 Å². The van der Waals surface area contributed by atoms with E-state index in [9.17, 15) is 9.90 Å². The summed E-state index contributed by atoms with van der Waals surface area (Å²) in [5.41, 5.74) is 1.92. The van der Waals surface area contributed by atoms with Crippen LogP contribution in [0.3, 0.4) is 0 Å². The van der Waals surface area contributed by atoms with Gasteiger partial charge in [0, 0.05) is 19.2 Å². The number of fused-ring (bicyclic) bond motifs is 1. The lowest BCUT2D eigenvalue weighted by atomic mass is 10.1. The summed E-state index contributed by atoms with van der Waals surface area (Å²) in [5, 5.41) is 12.6. The Kier molecular flexibility index (Phi) is 4.98. The van der Waals surface area contributed by atoms with Crippen LogP contribution in [0.4, 0.5) is 0 Å². The Balaban J connectivity index is 1.98. The van der Waals surface area contributed by atoms with Crippen molar-refractivity contribution in [2.24, 2.45) is 0 Å². The normalized spacial score (nSPS) is 18.4. The molecule has 0 saturated carbocycles. The molecule has 2 atom stereocenters. The van der Waals surface area contributed by atoms with Crippen molar-refractivity contribution in [2.45, 2.75) is 32.0 Å². The van der Waals surface area contributed by atoms with E-state index in [0.29, 0.717) is 25.3 Å². The van der Waals surface area contributed by atoms with Crippen molar-refractivity contribution in [3.05, 3.63) is 29.3 Å². The molecule has 0 aliphatic heterocycles. The molecule has 2 rings (SSSR count). The summed E-state index contributed by atoms with van der Waals surface area (Å²) in [4.78, 5) is 11.8. The van der Waals surface area contributed by atoms with Crippen molar-refractivity contribution in [2.75, 3.05) is 20.3 Å². The fourth-order valence-corrected chi connectivity index (χ4v) is 2.37. The van der Waals surface area contributed by atoms with Crippen molar-refractivity contribution in [1.82, 2.24) is 5.32 Å². The molecule has 1 aromatic carbocycles. The number of carbonyl (C=O) groups excluding carboxylic acids is 1. The van der Waals surface area contributed by atoms with Crippen LogP contribution in [0.25, 0.3) is 0 Å². The molecule has 2 unspecified atom stereocenters. The van der Waals surface area contributed by atoms with Crippen LogP contribution < -0.4 is 10.1 Å². The number of methoxy groups -OCH3 is 1. The second-order valence-electron chi connectivity index (χ2n) is 4.92. The molecule has 5 heteroatoms. The maximum atomic E-state index is 11.8. The minimum Gasteiger partial charge on any atom is -0.481 e. The fourth-order valence-electron chi connectivity index (χ4n) is 2.37. The summed E-state index contributed by atoms with van der Waals surface area (Å²) in [7, 11) is 1.59. The van der Waals surface area contributed by atoms with Gasteiger partial charge in [0.1, 0.15) is 5.75 Å². The Morgan fingerprint density at radius 1 is 1.55 bits per heavy atom. The maximum absolute atomic E-state index is 11.8. The molecule has 0 fully saturated rings. The molecular weight excluding hydrogens is 258 g/mol. The monoisotopic (exact) mass is 279 g/mol. The van der Waals surface area contributed by atoms with Gasteiger partial charge in [-0.3, -0.25) is 4.79 Å². The van der Waals surface area contributed by atoms with Crippen LogP contribution in [-0.4, -0.2) is 37.4 Å². The summed E-state index contributed by atoms with van der Waals surface area (Å²) in [6, 6.07) is 5.59. The van der Waals surface area contributed by atoms with Gasteiger partial charge in [-0.2, -0.15) is 0 Å². The highest BCUT2D eigenvalue weighted by Crippen LogP contribution is 2.36. The summed E-state index contributed by atoms with van der Waals surface area (Å²) >= 11 is 0. The van der Waals surface area contributed by atoms with Gasteiger partial charge in [-0.05, 0) is 31.4 Å². The molecule has 5 nitrogen and oxygen atoms in total. The molecule has 20 heavy (non-hydrogen) atoms. The predicted octanol–water partition coefficient (Wildman–Crippen LogP) is 1.20. The van der Waals surface area contributed by atoms with Gasteiger partial charge < -0.3 is 19.9 Å². The van der Waals surface area contributed by atoms with Crippen LogP contribution in [0.1, 0.15) is 30.6 Å². The molecule has 1 aromatic rings. The number of benzene rings is 1. The van der Waals surface area contributed by atoms with Gasteiger partial charge in [-0.25, -0.2) is 0 Å². The molecule has 0 radical (unpaired) electrons. The van der Waals surface area contributed by atoms with Gasteiger partial charge in [-0.1, -0.05) is 12.1 Å². The van der Waals surface area contributed by atoms with Crippen LogP contribution in [0, 0.1) is 0 Å². The SMILES string of the molecule is COCCNC(=O)C(C)Oc1cccc2c1CCC2O. The highest BCUT2D eigenvalue weighted by Gasteiger charge is 2.24. The number of carbonyl (C=O) groups is 1. The van der Waals surface area contributed by atoms with E-state index in [0.717, 1.165) is 17.5 Å². The first kappa shape index (κ1) is 14.8. The van der Waals surface area contributed by atoms with Gasteiger partial charge in [0.25, 0.3) is 5.91 Å². The number of hydrogen-bond acceptors (Lipinski definition) is 4. The van der Waals surface area contributed by atoms with E-state index < -0.39 is 12.2 Å². The average molecular weight is 279 g/mol. The number of aliphatic hydroxyl groups excluding tert-OH is 1. The van der Waals surface area contributed by atoms with Gasteiger partial charge in [-0.15, -0.1) is 0 Å². The zero-order valence-electron chi connectivity index (χ0n) is 11.9. The smallest absolute Gasteiger partial charge is 0.260 e. The molecule has 1 aliphatic carbocycles. The number of ether oxygens (including phenoxy) is 2. The molecule has 110 valence electrons. The van der Waals surface area contributed by atoms with Gasteiger partial charge in [0.05, 0.1) is 12.7 Å². The second kappa shape index (κ2) is 6.72. The maximum Gasteiger partial charge on any atom is 0.260 e. The second-order valence-corrected chi connectivity index (χ2v) is 4.92. The lowest BCUT2D eigenvalue weighted by molar-refractivity contribution is -0.127. The molecule has 2 N–H and O–H groups in total. The zero-order chi connectivity index (χ0) is 14.5. The molecule has 0 saturated heterocycles. The highest BCUT2D eigenvalue weighted by molar-refractivity contribution is 5.80. The first-order valence-electron chi connectivity index (χ1n) is 6.86. The van der Waals surface area contributed by atoms with E-state index in [1.54, 1.807) is 14.0 Å². The molecule has 1 amide bonds. The van der Waals surface area contributed by atoms with E-state index in [1.807, 2.05) is 18.2 Å². The summed E-state index contributed by atoms with van der Waals surface area (Å²) in [6.07, 6.45) is 0.505. The van der Waals surface area contributed by atoms with Crippen LogP contribution in [0.2, 0.25) is 0 Å². The number of hydrogen-bond donors (Lipinski definition) is 2. The van der Waals surface area contributed by atoms with Crippen molar-refractivity contribution in [1.29, 1.82) is 0 Å². The Labute approximate surface area is 118 Å². The minimum absolute atomic E-state index is 0.168. The first-order valence-corrected chi connectivity index (χ1v) is 6.86. The van der Waals surface area contributed by atoms with Crippen LogP contribution in [-0.2, 0) is 16.0 Å². The largest absolute Gasteiger partial charge is 0.481 e. The van der Waals surface area contributed by atoms with Crippen LogP contribution >= 0.6 is 0 Å². The topological polar surface area (TPSA) is 67.8 Å². The summed E-state index contributed by atoms with van der Waals surface area (Å²) in [6.45, 7) is 2.66. The van der Waals surface area contributed by atoms with Crippen molar-refractivity contribution < 1.29 is 19.4 Å². The highest BCUT2D eigenvalue weighted by atomic mass is 16.5. The quantitative estimate of drug-likeness (QED) is 0.768. The first-order chi connectivity index (χ1) is 9.63. The molecule has 0 spiro atoms. The van der Waals surface area contributed by atoms with E-state index in [2.05, 4.69) is 5.32 Å². The lowest BCUT2D eigenvalue weighted by Gasteiger charge is -2.17. The Morgan fingerprint density at radius 3 is 3.10 bits per heavy atom. The van der Waals surface area contributed by atoms with Crippen molar-refractivity contribution in [3.8, 4) is 5.75 Å². The fraction of sp³-hybridized carbons (Fsp3) is 0.533. The van der Waals surface area contributed by atoms with Crippen molar-refractivity contribution in [3.63, 3.8) is 0 Å². The van der Waals surface area contributed by atoms with Crippen LogP contribution in [0.5, 0.6) is 5.75 Å². The third kappa shape index (κ3) is 3.29. The van der Waals surface area contributed by atoms with E-state index in [4.69, 9.17) is 9.47 Å². The molecule has 1 aliphatic rings. The number of rotatable bonds is 6. The molecule has 0 bridgehead atoms. The van der Waals surface area contributed by atoms with Gasteiger partial charge in [0.2, 0.25) is 0 Å². The number of nitrogens with one attached hydrogen (secondary N) is 1. The number of amides is 1. The zero-order valence-corrected chi connectivity index (χ0v) is 11.9. The minimum atomic E-state index is -0.573. The third-order valence-electron chi connectivity index (χ3n) is 3.47. The van der Waals surface area contributed by atoms with Crippen molar-refractivity contribution >= 4 is 5.91 Å². The average Bonchev–Trinajstić information content (AvgIpc) is 2.82. The predicted molar refractivity (Wildman–Crippen MR) is 74.7 cm³/mol. The van der Waals surface area contributed by atoms with E-state index >= 15 is 0 Å². The van der Waals surface area contributed by atoms with Gasteiger partial charge >= 0.3 is 0 Å². The van der Waals surface area contributed by atoms with E-state index in [1.165, 1.54) is 0 Å². The van der Waals surface area contributed by atoms with Gasteiger partial charge in [0.15, 0.2) is 6.10 Å². The Morgan fingerprint density at radius 2 is 2.35 bits per heavy atom. The Hall–Kier alpha value is -1.59.